The highest BCUT2D eigenvalue weighted by atomic mass is 32.1. The van der Waals surface area contributed by atoms with Gasteiger partial charge in [-0.1, -0.05) is 0 Å². The van der Waals surface area contributed by atoms with E-state index in [1.807, 2.05) is 0 Å². The van der Waals surface area contributed by atoms with Gasteiger partial charge in [0.1, 0.15) is 5.01 Å². The molecule has 92 valence electrons. The molecule has 0 amide bonds. The Hall–Kier alpha value is -2.08. The summed E-state index contributed by atoms with van der Waals surface area (Å²) in [5.74, 6) is -2.93. The minimum atomic E-state index is -1.07. The number of hydrogen-bond donors (Lipinski definition) is 1. The highest BCUT2D eigenvalue weighted by Gasteiger charge is 2.07. The van der Waals surface area contributed by atoms with Crippen LogP contribution >= 0.6 is 11.3 Å². The predicted molar refractivity (Wildman–Crippen MR) is 64.1 cm³/mol. The first kappa shape index (κ1) is 12.4. The van der Waals surface area contributed by atoms with E-state index in [-0.39, 0.29) is 0 Å². The van der Waals surface area contributed by atoms with Crippen LogP contribution in [-0.2, 0) is 4.79 Å². The largest absolute Gasteiger partial charge is 0.478 e. The van der Waals surface area contributed by atoms with E-state index in [1.165, 1.54) is 23.5 Å². The summed E-state index contributed by atoms with van der Waals surface area (Å²) in [6.07, 6.45) is 2.30. The molecule has 0 aliphatic rings. The average Bonchev–Trinajstić information content (AvgIpc) is 2.79. The van der Waals surface area contributed by atoms with Crippen LogP contribution < -0.4 is 0 Å². The zero-order valence-electron chi connectivity index (χ0n) is 8.93. The monoisotopic (exact) mass is 267 g/mol. The molecule has 2 rings (SSSR count). The number of hydrogen-bond acceptors (Lipinski definition) is 3. The first-order valence-electron chi connectivity index (χ1n) is 4.88. The van der Waals surface area contributed by atoms with E-state index in [0.717, 1.165) is 18.2 Å². The molecule has 0 saturated heterocycles. The molecule has 0 saturated carbocycles. The lowest BCUT2D eigenvalue weighted by Gasteiger charge is -1.96. The van der Waals surface area contributed by atoms with Gasteiger partial charge in [0.25, 0.3) is 0 Å². The molecule has 6 heteroatoms. The third-order valence-electron chi connectivity index (χ3n) is 2.09. The Morgan fingerprint density at radius 3 is 2.78 bits per heavy atom. The van der Waals surface area contributed by atoms with Crippen LogP contribution in [0.2, 0.25) is 0 Å². The summed E-state index contributed by atoms with van der Waals surface area (Å²) in [7, 11) is 0. The standard InChI is InChI=1S/C12H7F2NO2S/c13-9-3-1-7(5-10(9)14)12-15-8(6-18-12)2-4-11(16)17/h1-6H,(H,16,17)/b4-2+. The van der Waals surface area contributed by atoms with E-state index in [4.69, 9.17) is 5.11 Å². The zero-order valence-corrected chi connectivity index (χ0v) is 9.75. The van der Waals surface area contributed by atoms with E-state index < -0.39 is 17.6 Å². The molecule has 0 aliphatic heterocycles. The second-order valence-electron chi connectivity index (χ2n) is 3.38. The number of halogens is 2. The Balaban J connectivity index is 2.29. The Kier molecular flexibility index (Phi) is 3.47. The number of nitrogens with zero attached hydrogens (tertiary/aromatic N) is 1. The van der Waals surface area contributed by atoms with Gasteiger partial charge in [-0.3, -0.25) is 0 Å². The van der Waals surface area contributed by atoms with Gasteiger partial charge in [-0.15, -0.1) is 11.3 Å². The third-order valence-corrected chi connectivity index (χ3v) is 2.99. The molecule has 1 heterocycles. The predicted octanol–water partition coefficient (Wildman–Crippen LogP) is 3.19. The molecule has 0 bridgehead atoms. The van der Waals surface area contributed by atoms with Crippen molar-refractivity contribution < 1.29 is 18.7 Å². The van der Waals surface area contributed by atoms with E-state index in [0.29, 0.717) is 16.3 Å². The van der Waals surface area contributed by atoms with Gasteiger partial charge < -0.3 is 5.11 Å². The van der Waals surface area contributed by atoms with Crippen LogP contribution in [0, 0.1) is 11.6 Å². The topological polar surface area (TPSA) is 50.2 Å². The smallest absolute Gasteiger partial charge is 0.328 e. The fraction of sp³-hybridized carbons (Fsp3) is 0. The first-order valence-corrected chi connectivity index (χ1v) is 5.76. The fourth-order valence-corrected chi connectivity index (χ4v) is 2.07. The maximum Gasteiger partial charge on any atom is 0.328 e. The normalized spacial score (nSPS) is 11.0. The maximum absolute atomic E-state index is 13.0. The molecule has 0 fully saturated rings. The maximum atomic E-state index is 13.0. The SMILES string of the molecule is O=C(O)/C=C/c1csc(-c2ccc(F)c(F)c2)n1. The van der Waals surface area contributed by atoms with Crippen LogP contribution in [0.1, 0.15) is 5.69 Å². The number of aromatic nitrogens is 1. The first-order chi connectivity index (χ1) is 8.56. The van der Waals surface area contributed by atoms with Crippen LogP contribution in [0.25, 0.3) is 16.6 Å². The Morgan fingerprint density at radius 2 is 2.11 bits per heavy atom. The van der Waals surface area contributed by atoms with Crippen molar-refractivity contribution in [3.05, 3.63) is 47.0 Å². The van der Waals surface area contributed by atoms with Crippen LogP contribution in [-0.4, -0.2) is 16.1 Å². The van der Waals surface area contributed by atoms with Gasteiger partial charge >= 0.3 is 5.97 Å². The molecule has 0 radical (unpaired) electrons. The number of thiazole rings is 1. The number of carboxylic acids is 1. The number of rotatable bonds is 3. The van der Waals surface area contributed by atoms with E-state index in [1.54, 1.807) is 5.38 Å². The van der Waals surface area contributed by atoms with E-state index in [2.05, 4.69) is 4.98 Å². The molecule has 18 heavy (non-hydrogen) atoms. The van der Waals surface area contributed by atoms with Crippen molar-refractivity contribution in [1.29, 1.82) is 0 Å². The Bertz CT molecular complexity index is 622. The molecule has 1 aromatic carbocycles. The molecule has 0 aliphatic carbocycles. The summed E-state index contributed by atoms with van der Waals surface area (Å²) in [5, 5.41) is 10.6. The van der Waals surface area contributed by atoms with Gasteiger partial charge in [0.05, 0.1) is 5.69 Å². The van der Waals surface area contributed by atoms with Gasteiger partial charge in [0.2, 0.25) is 0 Å². The van der Waals surface area contributed by atoms with Crippen molar-refractivity contribution in [3.8, 4) is 10.6 Å². The lowest BCUT2D eigenvalue weighted by molar-refractivity contribution is -0.131. The van der Waals surface area contributed by atoms with Gasteiger partial charge in [0, 0.05) is 17.0 Å². The molecule has 2 aromatic rings. The molecule has 1 N–H and O–H groups in total. The minimum Gasteiger partial charge on any atom is -0.478 e. The van der Waals surface area contributed by atoms with Gasteiger partial charge in [0.15, 0.2) is 11.6 Å². The van der Waals surface area contributed by atoms with E-state index in [9.17, 15) is 13.6 Å². The van der Waals surface area contributed by atoms with Crippen LogP contribution in [0.3, 0.4) is 0 Å². The van der Waals surface area contributed by atoms with Crippen LogP contribution in [0.5, 0.6) is 0 Å². The van der Waals surface area contributed by atoms with Gasteiger partial charge in [-0.05, 0) is 24.3 Å². The summed E-state index contributed by atoms with van der Waals surface area (Å²) in [4.78, 5) is 14.4. The summed E-state index contributed by atoms with van der Waals surface area (Å²) < 4.78 is 25.8. The van der Waals surface area contributed by atoms with Gasteiger partial charge in [-0.25, -0.2) is 18.6 Å². The number of carboxylic acid groups (broad SMARTS) is 1. The average molecular weight is 267 g/mol. The molecule has 0 spiro atoms. The summed E-state index contributed by atoms with van der Waals surface area (Å²) in [5.41, 5.74) is 0.913. The fourth-order valence-electron chi connectivity index (χ4n) is 1.28. The van der Waals surface area contributed by atoms with Crippen molar-refractivity contribution in [3.63, 3.8) is 0 Å². The van der Waals surface area contributed by atoms with Gasteiger partial charge in [-0.2, -0.15) is 0 Å². The van der Waals surface area contributed by atoms with Crippen molar-refractivity contribution in [2.75, 3.05) is 0 Å². The minimum absolute atomic E-state index is 0.453. The second kappa shape index (κ2) is 5.05. The molecular weight excluding hydrogens is 260 g/mol. The molecule has 3 nitrogen and oxygen atoms in total. The molecule has 1 aromatic heterocycles. The number of carbonyl (C=O) groups is 1. The molecular formula is C12H7F2NO2S. The molecule has 0 unspecified atom stereocenters. The van der Waals surface area contributed by atoms with Crippen LogP contribution in [0.15, 0.2) is 29.7 Å². The second-order valence-corrected chi connectivity index (χ2v) is 4.24. The number of aliphatic carboxylic acids is 1. The lowest BCUT2D eigenvalue weighted by Crippen LogP contribution is -1.86. The molecule has 0 atom stereocenters. The van der Waals surface area contributed by atoms with Crippen molar-refractivity contribution in [2.24, 2.45) is 0 Å². The Morgan fingerprint density at radius 1 is 1.33 bits per heavy atom. The van der Waals surface area contributed by atoms with Crippen molar-refractivity contribution in [1.82, 2.24) is 4.98 Å². The third kappa shape index (κ3) is 2.78. The zero-order chi connectivity index (χ0) is 13.1. The van der Waals surface area contributed by atoms with Crippen molar-refractivity contribution in [2.45, 2.75) is 0 Å². The highest BCUT2D eigenvalue weighted by molar-refractivity contribution is 7.13. The summed E-state index contributed by atoms with van der Waals surface area (Å²) in [6.45, 7) is 0. The van der Waals surface area contributed by atoms with Crippen LogP contribution in [0.4, 0.5) is 8.78 Å². The quantitative estimate of drug-likeness (QED) is 0.869. The summed E-state index contributed by atoms with van der Waals surface area (Å²) >= 11 is 1.22. The lowest BCUT2D eigenvalue weighted by atomic mass is 10.2. The highest BCUT2D eigenvalue weighted by Crippen LogP contribution is 2.25. The summed E-state index contributed by atoms with van der Waals surface area (Å²) in [6, 6.07) is 3.50. The van der Waals surface area contributed by atoms with E-state index >= 15 is 0 Å². The Labute approximate surface area is 105 Å². The number of benzene rings is 1. The van der Waals surface area contributed by atoms with Crippen molar-refractivity contribution >= 4 is 23.4 Å².